The van der Waals surface area contributed by atoms with Crippen LogP contribution >= 0.6 is 23.4 Å². The fourth-order valence-corrected chi connectivity index (χ4v) is 4.82. The zero-order chi connectivity index (χ0) is 25.0. The first kappa shape index (κ1) is 26.9. The number of nitrogens with one attached hydrogen (secondary N) is 1. The Morgan fingerprint density at radius 3 is 2.52 bits per heavy atom. The summed E-state index contributed by atoms with van der Waals surface area (Å²) in [6, 6.07) is -0.980. The van der Waals surface area contributed by atoms with Gasteiger partial charge in [0, 0.05) is 19.4 Å². The summed E-state index contributed by atoms with van der Waals surface area (Å²) in [5.74, 6) is -4.04. The monoisotopic (exact) mass is 507 g/mol. The summed E-state index contributed by atoms with van der Waals surface area (Å²) in [5.41, 5.74) is -2.77. The summed E-state index contributed by atoms with van der Waals surface area (Å²) in [7, 11) is 1.40. The number of alkyl halides is 1. The minimum Gasteiger partial charge on any atom is -0.427 e. The fourth-order valence-electron chi connectivity index (χ4n) is 3.18. The zero-order valence-corrected chi connectivity index (χ0v) is 20.2. The molecule has 0 aromatic heterocycles. The number of carbonyl (C=O) groups is 5. The maximum atomic E-state index is 12.8. The van der Waals surface area contributed by atoms with Crippen LogP contribution in [0.1, 0.15) is 20.8 Å². The normalized spacial score (nSPS) is 24.9. The van der Waals surface area contributed by atoms with Crippen LogP contribution < -0.4 is 5.32 Å². The second-order valence-electron chi connectivity index (χ2n) is 8.57. The Morgan fingerprint density at radius 2 is 1.97 bits per heavy atom. The van der Waals surface area contributed by atoms with Crippen molar-refractivity contribution in [3.05, 3.63) is 0 Å². The molecule has 12 nitrogen and oxygen atoms in total. The van der Waals surface area contributed by atoms with E-state index < -0.39 is 70.2 Å². The molecule has 2 N–H and O–H groups in total. The number of fused-ring (bicyclic) bond motifs is 1. The topological polar surface area (TPSA) is 161 Å². The van der Waals surface area contributed by atoms with Gasteiger partial charge in [0.2, 0.25) is 24.2 Å². The summed E-state index contributed by atoms with van der Waals surface area (Å²) in [4.78, 5) is 62.4. The highest BCUT2D eigenvalue weighted by Crippen LogP contribution is 2.42. The first-order valence-electron chi connectivity index (χ1n) is 9.79. The molecule has 2 fully saturated rings. The molecule has 14 heteroatoms. The molecular weight excluding hydrogens is 482 g/mol. The first-order chi connectivity index (χ1) is 15.4. The number of amides is 2. The van der Waals surface area contributed by atoms with Crippen molar-refractivity contribution in [2.75, 3.05) is 38.7 Å². The van der Waals surface area contributed by atoms with Crippen molar-refractivity contribution in [2.45, 2.75) is 32.2 Å². The van der Waals surface area contributed by atoms with Crippen LogP contribution in [0.5, 0.6) is 0 Å². The number of β-lactam (4-membered cyclic amide) rings is 1. The number of ether oxygens (including phenoxy) is 3. The fraction of sp³-hybridized carbons (Fsp3) is 0.684. The lowest BCUT2D eigenvalue weighted by Gasteiger charge is -2.53. The highest BCUT2D eigenvalue weighted by atomic mass is 35.5. The van der Waals surface area contributed by atoms with Crippen LogP contribution in [-0.4, -0.2) is 95.5 Å². The van der Waals surface area contributed by atoms with E-state index in [4.69, 9.17) is 31.0 Å². The molecule has 2 aliphatic heterocycles. The van der Waals surface area contributed by atoms with E-state index in [0.29, 0.717) is 0 Å². The van der Waals surface area contributed by atoms with Gasteiger partial charge in [-0.25, -0.2) is 0 Å². The number of halogens is 1. The number of esters is 2. The van der Waals surface area contributed by atoms with Crippen molar-refractivity contribution in [3.63, 3.8) is 0 Å². The van der Waals surface area contributed by atoms with E-state index in [9.17, 15) is 24.0 Å². The molecule has 2 aliphatic rings. The SMILES string of the molecule is COCC1(C(=O)OCOC(=O)C(C)(C)C)CS[C@@H]2C(NC(=O)C(=NO)C(=O)CCl)C(=O)N2C1. The molecule has 0 aliphatic carbocycles. The summed E-state index contributed by atoms with van der Waals surface area (Å²) < 4.78 is 15.3. The predicted molar refractivity (Wildman–Crippen MR) is 116 cm³/mol. The van der Waals surface area contributed by atoms with Gasteiger partial charge in [-0.3, -0.25) is 24.0 Å². The van der Waals surface area contributed by atoms with Crippen LogP contribution in [0, 0.1) is 10.8 Å². The zero-order valence-electron chi connectivity index (χ0n) is 18.6. The molecule has 2 unspecified atom stereocenters. The molecule has 3 atom stereocenters. The van der Waals surface area contributed by atoms with Crippen LogP contribution in [0.25, 0.3) is 0 Å². The lowest BCUT2D eigenvalue weighted by Crippen LogP contribution is -2.74. The standard InChI is InChI=1S/C19H26ClN3O9S/c1-18(2,3)16(27)31-9-32-17(28)19(7-30-4)6-23-14(26)12(15(23)33-8-19)21-13(25)11(22-29)10(24)5-20/h12,15,29H,5-9H2,1-4H3,(H,21,25)/t12?,15-,19?/m1/s1. The van der Waals surface area contributed by atoms with Crippen molar-refractivity contribution in [3.8, 4) is 0 Å². The molecule has 2 heterocycles. The van der Waals surface area contributed by atoms with Gasteiger partial charge >= 0.3 is 11.9 Å². The first-order valence-corrected chi connectivity index (χ1v) is 11.4. The van der Waals surface area contributed by atoms with Gasteiger partial charge in [-0.05, 0) is 20.8 Å². The molecule has 184 valence electrons. The summed E-state index contributed by atoms with van der Waals surface area (Å²) in [6.07, 6.45) is 0. The number of carbonyl (C=O) groups excluding carboxylic acids is 5. The predicted octanol–water partition coefficient (Wildman–Crippen LogP) is -0.253. The third kappa shape index (κ3) is 5.76. The Hall–Kier alpha value is -2.38. The number of oxime groups is 1. The summed E-state index contributed by atoms with van der Waals surface area (Å²) >= 11 is 6.58. The number of ketones is 1. The van der Waals surface area contributed by atoms with Crippen molar-refractivity contribution < 1.29 is 43.4 Å². The third-order valence-corrected chi connectivity index (χ3v) is 6.81. The quantitative estimate of drug-likeness (QED) is 0.0622. The number of rotatable bonds is 9. The van der Waals surface area contributed by atoms with Crippen LogP contribution in [0.2, 0.25) is 0 Å². The summed E-state index contributed by atoms with van der Waals surface area (Å²) in [6.45, 7) is 4.31. The van der Waals surface area contributed by atoms with Crippen LogP contribution in [-0.2, 0) is 38.2 Å². The molecular formula is C19H26ClN3O9S. The van der Waals surface area contributed by atoms with E-state index in [1.165, 1.54) is 23.8 Å². The third-order valence-electron chi connectivity index (χ3n) is 4.98. The Morgan fingerprint density at radius 1 is 1.30 bits per heavy atom. The maximum absolute atomic E-state index is 12.8. The smallest absolute Gasteiger partial charge is 0.319 e. The van der Waals surface area contributed by atoms with Gasteiger partial charge in [0.1, 0.15) is 16.8 Å². The van der Waals surface area contributed by atoms with Crippen molar-refractivity contribution in [1.29, 1.82) is 0 Å². The summed E-state index contributed by atoms with van der Waals surface area (Å²) in [5, 5.41) is 13.4. The number of hydrogen-bond acceptors (Lipinski definition) is 11. The Balaban J connectivity index is 2.02. The van der Waals surface area contributed by atoms with E-state index in [0.717, 1.165) is 0 Å². The average molecular weight is 508 g/mol. The van der Waals surface area contributed by atoms with Crippen molar-refractivity contribution >= 4 is 58.6 Å². The van der Waals surface area contributed by atoms with E-state index in [2.05, 4.69) is 10.5 Å². The van der Waals surface area contributed by atoms with Gasteiger partial charge in [0.25, 0.3) is 5.91 Å². The largest absolute Gasteiger partial charge is 0.427 e. The molecule has 0 aromatic carbocycles. The minimum absolute atomic E-state index is 0.0443. The van der Waals surface area contributed by atoms with E-state index in [1.54, 1.807) is 20.8 Å². The highest BCUT2D eigenvalue weighted by Gasteiger charge is 2.58. The molecule has 2 amide bonds. The van der Waals surface area contributed by atoms with Crippen LogP contribution in [0.3, 0.4) is 0 Å². The molecule has 0 aromatic rings. The lowest BCUT2D eigenvalue weighted by atomic mass is 9.88. The van der Waals surface area contributed by atoms with E-state index in [1.807, 2.05) is 0 Å². The molecule has 0 bridgehead atoms. The van der Waals surface area contributed by atoms with Crippen molar-refractivity contribution in [1.82, 2.24) is 10.2 Å². The van der Waals surface area contributed by atoms with Crippen LogP contribution in [0.4, 0.5) is 0 Å². The molecule has 2 rings (SSSR count). The Kier molecular flexibility index (Phi) is 8.71. The molecule has 0 saturated carbocycles. The number of Topliss-reactive ketones (excluding diaryl/α,β-unsaturated/α-hetero) is 1. The number of methoxy groups -OCH3 is 1. The Bertz CT molecular complexity index is 860. The highest BCUT2D eigenvalue weighted by molar-refractivity contribution is 8.00. The second-order valence-corrected chi connectivity index (χ2v) is 9.94. The van der Waals surface area contributed by atoms with Crippen molar-refractivity contribution in [2.24, 2.45) is 16.0 Å². The Labute approximate surface area is 199 Å². The number of thioether (sulfide) groups is 1. The molecule has 33 heavy (non-hydrogen) atoms. The average Bonchev–Trinajstić information content (AvgIpc) is 2.76. The van der Waals surface area contributed by atoms with E-state index >= 15 is 0 Å². The molecule has 2 saturated heterocycles. The number of hydrogen-bond donors (Lipinski definition) is 2. The molecule has 0 radical (unpaired) electrons. The van der Waals surface area contributed by atoms with Gasteiger partial charge in [0.05, 0.1) is 17.9 Å². The lowest BCUT2D eigenvalue weighted by molar-refractivity contribution is -0.183. The van der Waals surface area contributed by atoms with Crippen LogP contribution in [0.15, 0.2) is 5.16 Å². The van der Waals surface area contributed by atoms with Gasteiger partial charge in [0.15, 0.2) is 0 Å². The van der Waals surface area contributed by atoms with E-state index in [-0.39, 0.29) is 18.9 Å². The number of nitrogens with zero attached hydrogens (tertiary/aromatic N) is 2. The van der Waals surface area contributed by atoms with Gasteiger partial charge < -0.3 is 29.6 Å². The van der Waals surface area contributed by atoms with Gasteiger partial charge in [-0.15, -0.1) is 23.4 Å². The van der Waals surface area contributed by atoms with Gasteiger partial charge in [-0.1, -0.05) is 5.16 Å². The maximum Gasteiger partial charge on any atom is 0.319 e. The molecule has 0 spiro atoms. The second kappa shape index (κ2) is 10.7. The van der Waals surface area contributed by atoms with Gasteiger partial charge in [-0.2, -0.15) is 0 Å². The minimum atomic E-state index is -1.21.